The summed E-state index contributed by atoms with van der Waals surface area (Å²) in [5.74, 6) is 0. The zero-order valence-electron chi connectivity index (χ0n) is 12.6. The molecule has 2 fully saturated rings. The van der Waals surface area contributed by atoms with Gasteiger partial charge < -0.3 is 10.6 Å². The van der Waals surface area contributed by atoms with Gasteiger partial charge in [-0.25, -0.2) is 0 Å². The molecule has 2 aliphatic carbocycles. The summed E-state index contributed by atoms with van der Waals surface area (Å²) in [6.45, 7) is 0. The molecular weight excluding hydrogens is 244 g/mol. The molecule has 2 nitrogen and oxygen atoms in total. The molecule has 0 bridgehead atoms. The molecule has 2 N–H and O–H groups in total. The summed E-state index contributed by atoms with van der Waals surface area (Å²) in [4.78, 5) is 2.72. The van der Waals surface area contributed by atoms with Crippen molar-refractivity contribution in [2.45, 2.75) is 76.3 Å². The van der Waals surface area contributed by atoms with Gasteiger partial charge in [-0.15, -0.1) is 0 Å². The van der Waals surface area contributed by atoms with Crippen molar-refractivity contribution in [3.8, 4) is 0 Å². The van der Waals surface area contributed by atoms with Crippen LogP contribution in [0.3, 0.4) is 0 Å². The van der Waals surface area contributed by atoms with E-state index >= 15 is 0 Å². The molecule has 0 heterocycles. The van der Waals surface area contributed by atoms with E-state index in [2.05, 4.69) is 29.2 Å². The lowest BCUT2D eigenvalue weighted by atomic mass is 9.88. The largest absolute Gasteiger partial charge is 0.397 e. The predicted octanol–water partition coefficient (Wildman–Crippen LogP) is 4.74. The summed E-state index contributed by atoms with van der Waals surface area (Å²) >= 11 is 0. The lowest BCUT2D eigenvalue weighted by Gasteiger charge is -2.44. The Balaban J connectivity index is 1.87. The third-order valence-corrected chi connectivity index (χ3v) is 5.15. The number of hydrogen-bond donors (Lipinski definition) is 1. The molecule has 0 unspecified atom stereocenters. The van der Waals surface area contributed by atoms with E-state index in [-0.39, 0.29) is 0 Å². The SMILES string of the molecule is Nc1ccccc1N(C1CCCCC1)C1CCCCC1. The van der Waals surface area contributed by atoms with E-state index in [1.165, 1.54) is 69.9 Å². The lowest BCUT2D eigenvalue weighted by Crippen LogP contribution is -2.45. The van der Waals surface area contributed by atoms with Crippen LogP contribution in [0.5, 0.6) is 0 Å². The molecule has 110 valence electrons. The Hall–Kier alpha value is -1.18. The highest BCUT2D eigenvalue weighted by Crippen LogP contribution is 2.36. The molecule has 2 heteroatoms. The van der Waals surface area contributed by atoms with Gasteiger partial charge in [0.15, 0.2) is 0 Å². The van der Waals surface area contributed by atoms with Gasteiger partial charge >= 0.3 is 0 Å². The van der Waals surface area contributed by atoms with Gasteiger partial charge in [-0.1, -0.05) is 50.7 Å². The molecule has 0 amide bonds. The summed E-state index contributed by atoms with van der Waals surface area (Å²) in [6, 6.07) is 9.93. The van der Waals surface area contributed by atoms with E-state index in [0.29, 0.717) is 0 Å². The fourth-order valence-electron chi connectivity index (χ4n) is 4.13. The topological polar surface area (TPSA) is 29.3 Å². The van der Waals surface area contributed by atoms with Crippen molar-refractivity contribution in [1.82, 2.24) is 0 Å². The van der Waals surface area contributed by atoms with Crippen LogP contribution in [-0.4, -0.2) is 12.1 Å². The van der Waals surface area contributed by atoms with Crippen molar-refractivity contribution in [3.05, 3.63) is 24.3 Å². The maximum Gasteiger partial charge on any atom is 0.0604 e. The van der Waals surface area contributed by atoms with E-state index in [4.69, 9.17) is 5.73 Å². The summed E-state index contributed by atoms with van der Waals surface area (Å²) in [6.07, 6.45) is 13.8. The van der Waals surface area contributed by atoms with Crippen LogP contribution in [-0.2, 0) is 0 Å². The fourth-order valence-corrected chi connectivity index (χ4v) is 4.13. The van der Waals surface area contributed by atoms with E-state index in [9.17, 15) is 0 Å². The molecule has 3 rings (SSSR count). The Morgan fingerprint density at radius 3 is 1.75 bits per heavy atom. The van der Waals surface area contributed by atoms with Crippen LogP contribution in [0.15, 0.2) is 24.3 Å². The molecule has 0 saturated heterocycles. The highest BCUT2D eigenvalue weighted by Gasteiger charge is 2.29. The monoisotopic (exact) mass is 272 g/mol. The first-order valence-corrected chi connectivity index (χ1v) is 8.49. The highest BCUT2D eigenvalue weighted by molar-refractivity contribution is 5.68. The molecule has 0 atom stereocenters. The van der Waals surface area contributed by atoms with Crippen LogP contribution < -0.4 is 10.6 Å². The molecule has 0 radical (unpaired) electrons. The van der Waals surface area contributed by atoms with E-state index in [1.54, 1.807) is 0 Å². The van der Waals surface area contributed by atoms with E-state index in [0.717, 1.165) is 17.8 Å². The van der Waals surface area contributed by atoms with Crippen molar-refractivity contribution in [3.63, 3.8) is 0 Å². The lowest BCUT2D eigenvalue weighted by molar-refractivity contribution is 0.340. The summed E-state index contributed by atoms with van der Waals surface area (Å²) in [5, 5.41) is 0. The number of para-hydroxylation sites is 2. The maximum atomic E-state index is 6.29. The quantitative estimate of drug-likeness (QED) is 0.805. The third-order valence-electron chi connectivity index (χ3n) is 5.15. The van der Waals surface area contributed by atoms with Crippen LogP contribution in [0.4, 0.5) is 11.4 Å². The normalized spacial score (nSPS) is 21.8. The van der Waals surface area contributed by atoms with Crippen molar-refractivity contribution in [2.75, 3.05) is 10.6 Å². The Morgan fingerprint density at radius 2 is 1.25 bits per heavy atom. The molecule has 2 aliphatic rings. The Labute approximate surface area is 123 Å². The molecule has 1 aromatic carbocycles. The second-order valence-electron chi connectivity index (χ2n) is 6.55. The Bertz CT molecular complexity index is 399. The molecule has 20 heavy (non-hydrogen) atoms. The zero-order chi connectivity index (χ0) is 13.8. The second-order valence-corrected chi connectivity index (χ2v) is 6.55. The van der Waals surface area contributed by atoms with Gasteiger partial charge in [0.1, 0.15) is 0 Å². The van der Waals surface area contributed by atoms with Crippen LogP contribution in [0.25, 0.3) is 0 Å². The van der Waals surface area contributed by atoms with Crippen LogP contribution in [0.2, 0.25) is 0 Å². The zero-order valence-corrected chi connectivity index (χ0v) is 12.6. The highest BCUT2D eigenvalue weighted by atomic mass is 15.2. The van der Waals surface area contributed by atoms with Gasteiger partial charge in [-0.05, 0) is 37.8 Å². The average molecular weight is 272 g/mol. The number of nitrogens with two attached hydrogens (primary N) is 1. The molecule has 0 aliphatic heterocycles. The first-order chi connectivity index (χ1) is 9.86. The number of nitrogens with zero attached hydrogens (tertiary/aromatic N) is 1. The van der Waals surface area contributed by atoms with Gasteiger partial charge in [0.2, 0.25) is 0 Å². The maximum absolute atomic E-state index is 6.29. The number of anilines is 2. The summed E-state index contributed by atoms with van der Waals surface area (Å²) < 4.78 is 0. The van der Waals surface area contributed by atoms with Gasteiger partial charge in [0.05, 0.1) is 11.4 Å². The van der Waals surface area contributed by atoms with Crippen molar-refractivity contribution in [2.24, 2.45) is 0 Å². The first kappa shape index (κ1) is 13.8. The van der Waals surface area contributed by atoms with Crippen LogP contribution in [0, 0.1) is 0 Å². The number of nitrogen functional groups attached to an aromatic ring is 1. The fraction of sp³-hybridized carbons (Fsp3) is 0.667. The van der Waals surface area contributed by atoms with Crippen molar-refractivity contribution in [1.29, 1.82) is 0 Å². The Kier molecular flexibility index (Phi) is 4.49. The van der Waals surface area contributed by atoms with Gasteiger partial charge in [0.25, 0.3) is 0 Å². The van der Waals surface area contributed by atoms with Crippen LogP contribution in [0.1, 0.15) is 64.2 Å². The number of rotatable bonds is 3. The van der Waals surface area contributed by atoms with Crippen molar-refractivity contribution < 1.29 is 0 Å². The first-order valence-electron chi connectivity index (χ1n) is 8.49. The van der Waals surface area contributed by atoms with Gasteiger partial charge in [-0.2, -0.15) is 0 Å². The molecule has 1 aromatic rings. The molecule has 2 saturated carbocycles. The molecular formula is C18H28N2. The number of benzene rings is 1. The predicted molar refractivity (Wildman–Crippen MR) is 87.1 cm³/mol. The van der Waals surface area contributed by atoms with E-state index < -0.39 is 0 Å². The second kappa shape index (κ2) is 6.51. The van der Waals surface area contributed by atoms with Crippen LogP contribution >= 0.6 is 0 Å². The van der Waals surface area contributed by atoms with Gasteiger partial charge in [0, 0.05) is 12.1 Å². The van der Waals surface area contributed by atoms with Gasteiger partial charge in [-0.3, -0.25) is 0 Å². The van der Waals surface area contributed by atoms with Crippen molar-refractivity contribution >= 4 is 11.4 Å². The Morgan fingerprint density at radius 1 is 0.750 bits per heavy atom. The number of hydrogen-bond acceptors (Lipinski definition) is 2. The minimum atomic E-state index is 0.719. The smallest absolute Gasteiger partial charge is 0.0604 e. The molecule has 0 spiro atoms. The minimum absolute atomic E-state index is 0.719. The average Bonchev–Trinajstić information content (AvgIpc) is 2.52. The standard InChI is InChI=1S/C18H28N2/c19-17-13-7-8-14-18(17)20(15-9-3-1-4-10-15)16-11-5-2-6-12-16/h7-8,13-16H,1-6,9-12,19H2. The minimum Gasteiger partial charge on any atom is -0.397 e. The van der Waals surface area contributed by atoms with E-state index in [1.807, 2.05) is 0 Å². The summed E-state index contributed by atoms with van der Waals surface area (Å²) in [7, 11) is 0. The third kappa shape index (κ3) is 2.94. The summed E-state index contributed by atoms with van der Waals surface area (Å²) in [5.41, 5.74) is 8.55. The molecule has 0 aromatic heterocycles.